The second-order valence-corrected chi connectivity index (χ2v) is 5.96. The van der Waals surface area contributed by atoms with Crippen molar-refractivity contribution in [3.8, 4) is 0 Å². The monoisotopic (exact) mass is 238 g/mol. The van der Waals surface area contributed by atoms with Crippen LogP contribution in [0.25, 0.3) is 0 Å². The van der Waals surface area contributed by atoms with Gasteiger partial charge in [-0.05, 0) is 24.5 Å². The molecule has 1 fully saturated rings. The zero-order valence-electron chi connectivity index (χ0n) is 9.39. The maximum absolute atomic E-state index is 12.1. The Bertz CT molecular complexity index is 375. The second kappa shape index (κ2) is 5.55. The van der Waals surface area contributed by atoms with Gasteiger partial charge < -0.3 is 5.73 Å². The Labute approximate surface area is 98.9 Å². The highest BCUT2D eigenvalue weighted by molar-refractivity contribution is 7.84. The summed E-state index contributed by atoms with van der Waals surface area (Å²) in [7, 11) is -0.754. The summed E-state index contributed by atoms with van der Waals surface area (Å²) in [6.07, 6.45) is 6.43. The van der Waals surface area contributed by atoms with E-state index in [0.717, 1.165) is 24.1 Å². The van der Waals surface area contributed by atoms with Crippen molar-refractivity contribution in [1.29, 1.82) is 0 Å². The summed E-state index contributed by atoms with van der Waals surface area (Å²) in [5.74, 6) is 0.616. The number of rotatable bonds is 4. The molecule has 2 rings (SSSR count). The van der Waals surface area contributed by atoms with Crippen LogP contribution in [0.1, 0.15) is 36.9 Å². The molecule has 16 heavy (non-hydrogen) atoms. The minimum atomic E-state index is -0.754. The molecule has 0 radical (unpaired) electrons. The highest BCUT2D eigenvalue weighted by Crippen LogP contribution is 2.24. The molecular weight excluding hydrogens is 220 g/mol. The van der Waals surface area contributed by atoms with E-state index in [-0.39, 0.29) is 0 Å². The lowest BCUT2D eigenvalue weighted by molar-refractivity contribution is 0.668. The SMILES string of the molecule is NCc1ncccc1CS(=O)C1CCCC1. The maximum Gasteiger partial charge on any atom is 0.0580 e. The lowest BCUT2D eigenvalue weighted by atomic mass is 10.2. The Morgan fingerprint density at radius 3 is 2.88 bits per heavy atom. The molecule has 0 aromatic carbocycles. The third-order valence-corrected chi connectivity index (χ3v) is 4.96. The van der Waals surface area contributed by atoms with Gasteiger partial charge in [-0.1, -0.05) is 18.9 Å². The van der Waals surface area contributed by atoms with Gasteiger partial charge in [-0.3, -0.25) is 9.19 Å². The molecule has 1 aliphatic rings. The number of nitrogens with zero attached hydrogens (tertiary/aromatic N) is 1. The van der Waals surface area contributed by atoms with Crippen molar-refractivity contribution in [3.05, 3.63) is 29.6 Å². The zero-order chi connectivity index (χ0) is 11.4. The van der Waals surface area contributed by atoms with Crippen LogP contribution >= 0.6 is 0 Å². The summed E-state index contributed by atoms with van der Waals surface area (Å²) < 4.78 is 12.1. The van der Waals surface area contributed by atoms with Crippen LogP contribution in [0, 0.1) is 0 Å². The Hall–Kier alpha value is -0.740. The predicted molar refractivity (Wildman–Crippen MR) is 66.2 cm³/mol. The van der Waals surface area contributed by atoms with Crippen LogP contribution < -0.4 is 5.73 Å². The molecule has 0 bridgehead atoms. The van der Waals surface area contributed by atoms with E-state index in [4.69, 9.17) is 5.73 Å². The molecule has 1 aromatic heterocycles. The first kappa shape index (κ1) is 11.7. The first-order chi connectivity index (χ1) is 7.81. The topological polar surface area (TPSA) is 56.0 Å². The molecule has 1 aromatic rings. The van der Waals surface area contributed by atoms with Gasteiger partial charge >= 0.3 is 0 Å². The summed E-state index contributed by atoms with van der Waals surface area (Å²) in [5, 5.41) is 0.394. The van der Waals surface area contributed by atoms with Crippen molar-refractivity contribution in [2.24, 2.45) is 5.73 Å². The molecule has 1 atom stereocenters. The summed E-state index contributed by atoms with van der Waals surface area (Å²) in [5.41, 5.74) is 7.55. The van der Waals surface area contributed by atoms with Crippen molar-refractivity contribution < 1.29 is 4.21 Å². The fourth-order valence-electron chi connectivity index (χ4n) is 2.21. The van der Waals surface area contributed by atoms with E-state index in [1.807, 2.05) is 12.1 Å². The normalized spacial score (nSPS) is 18.8. The number of hydrogen-bond acceptors (Lipinski definition) is 3. The van der Waals surface area contributed by atoms with E-state index in [9.17, 15) is 4.21 Å². The Kier molecular flexibility index (Phi) is 4.07. The molecule has 88 valence electrons. The molecule has 1 aliphatic carbocycles. The molecule has 1 saturated carbocycles. The van der Waals surface area contributed by atoms with E-state index in [2.05, 4.69) is 4.98 Å². The maximum atomic E-state index is 12.1. The quantitative estimate of drug-likeness (QED) is 0.869. The Morgan fingerprint density at radius 2 is 2.19 bits per heavy atom. The van der Waals surface area contributed by atoms with Gasteiger partial charge in [0.1, 0.15) is 0 Å². The van der Waals surface area contributed by atoms with Gasteiger partial charge in [0.2, 0.25) is 0 Å². The number of nitrogens with two attached hydrogens (primary N) is 1. The van der Waals surface area contributed by atoms with Crippen LogP contribution in [0.4, 0.5) is 0 Å². The zero-order valence-corrected chi connectivity index (χ0v) is 10.2. The second-order valence-electron chi connectivity index (χ2n) is 4.24. The minimum absolute atomic E-state index is 0.394. The molecule has 0 amide bonds. The first-order valence-electron chi connectivity index (χ1n) is 5.81. The Balaban J connectivity index is 2.05. The average Bonchev–Trinajstić information content (AvgIpc) is 2.83. The molecule has 0 aliphatic heterocycles. The van der Waals surface area contributed by atoms with E-state index < -0.39 is 10.8 Å². The van der Waals surface area contributed by atoms with Crippen LogP contribution in [-0.2, 0) is 23.1 Å². The third-order valence-electron chi connectivity index (χ3n) is 3.15. The standard InChI is InChI=1S/C12H18N2OS/c13-8-12-10(4-3-7-14-12)9-16(15)11-5-1-2-6-11/h3-4,7,11H,1-2,5-6,8-9,13H2. The average molecular weight is 238 g/mol. The van der Waals surface area contributed by atoms with Gasteiger partial charge in [0.05, 0.1) is 11.4 Å². The highest BCUT2D eigenvalue weighted by Gasteiger charge is 2.21. The van der Waals surface area contributed by atoms with Crippen LogP contribution in [-0.4, -0.2) is 14.4 Å². The van der Waals surface area contributed by atoms with Crippen LogP contribution in [0.5, 0.6) is 0 Å². The van der Waals surface area contributed by atoms with Crippen molar-refractivity contribution in [2.75, 3.05) is 0 Å². The molecule has 0 spiro atoms. The van der Waals surface area contributed by atoms with Crippen molar-refractivity contribution in [3.63, 3.8) is 0 Å². The van der Waals surface area contributed by atoms with Gasteiger partial charge in [-0.15, -0.1) is 0 Å². The van der Waals surface area contributed by atoms with Crippen LogP contribution in [0.15, 0.2) is 18.3 Å². The number of hydrogen-bond donors (Lipinski definition) is 1. The fraction of sp³-hybridized carbons (Fsp3) is 0.583. The van der Waals surface area contributed by atoms with Gasteiger partial charge in [0, 0.05) is 28.8 Å². The lowest BCUT2D eigenvalue weighted by Crippen LogP contribution is -2.14. The molecule has 2 N–H and O–H groups in total. The smallest absolute Gasteiger partial charge is 0.0580 e. The molecule has 3 nitrogen and oxygen atoms in total. The summed E-state index contributed by atoms with van der Waals surface area (Å²) >= 11 is 0. The van der Waals surface area contributed by atoms with Crippen LogP contribution in [0.2, 0.25) is 0 Å². The number of aromatic nitrogens is 1. The van der Waals surface area contributed by atoms with Gasteiger partial charge in [-0.25, -0.2) is 0 Å². The lowest BCUT2D eigenvalue weighted by Gasteiger charge is -2.11. The largest absolute Gasteiger partial charge is 0.325 e. The number of pyridine rings is 1. The van der Waals surface area contributed by atoms with Gasteiger partial charge in [0.15, 0.2) is 0 Å². The van der Waals surface area contributed by atoms with Crippen molar-refractivity contribution in [1.82, 2.24) is 4.98 Å². The molecule has 4 heteroatoms. The summed E-state index contributed by atoms with van der Waals surface area (Å²) in [4.78, 5) is 4.22. The molecule has 0 saturated heterocycles. The first-order valence-corrected chi connectivity index (χ1v) is 7.19. The summed E-state index contributed by atoms with van der Waals surface area (Å²) in [6, 6.07) is 3.88. The van der Waals surface area contributed by atoms with E-state index in [1.54, 1.807) is 6.20 Å². The summed E-state index contributed by atoms with van der Waals surface area (Å²) in [6.45, 7) is 0.429. The van der Waals surface area contributed by atoms with E-state index in [1.165, 1.54) is 12.8 Å². The molecule has 1 heterocycles. The molecule has 1 unspecified atom stereocenters. The van der Waals surface area contributed by atoms with Crippen LogP contribution in [0.3, 0.4) is 0 Å². The van der Waals surface area contributed by atoms with E-state index in [0.29, 0.717) is 17.5 Å². The Morgan fingerprint density at radius 1 is 1.44 bits per heavy atom. The molecular formula is C12H18N2OS. The highest BCUT2D eigenvalue weighted by atomic mass is 32.2. The van der Waals surface area contributed by atoms with Crippen molar-refractivity contribution >= 4 is 10.8 Å². The predicted octanol–water partition coefficient (Wildman–Crippen LogP) is 1.73. The fourth-order valence-corrected chi connectivity index (χ4v) is 3.87. The van der Waals surface area contributed by atoms with Gasteiger partial charge in [-0.2, -0.15) is 0 Å². The van der Waals surface area contributed by atoms with Crippen molar-refractivity contribution in [2.45, 2.75) is 43.2 Å². The minimum Gasteiger partial charge on any atom is -0.325 e. The third kappa shape index (κ3) is 2.68. The van der Waals surface area contributed by atoms with Gasteiger partial charge in [0.25, 0.3) is 0 Å². The van der Waals surface area contributed by atoms with E-state index >= 15 is 0 Å².